The van der Waals surface area contributed by atoms with Crippen LogP contribution in [0.5, 0.6) is 11.5 Å². The first-order chi connectivity index (χ1) is 16.9. The Labute approximate surface area is 206 Å². The van der Waals surface area contributed by atoms with Crippen molar-refractivity contribution >= 4 is 23.3 Å². The van der Waals surface area contributed by atoms with E-state index in [1.54, 1.807) is 23.1 Å². The van der Waals surface area contributed by atoms with Gasteiger partial charge in [0.2, 0.25) is 11.8 Å². The molecule has 0 aromatic heterocycles. The Bertz CT molecular complexity index is 1070. The lowest BCUT2D eigenvalue weighted by Crippen LogP contribution is -2.50. The zero-order chi connectivity index (χ0) is 24.8. The fraction of sp³-hybridized carbons (Fsp3) is 0.444. The van der Waals surface area contributed by atoms with Gasteiger partial charge in [0.25, 0.3) is 0 Å². The molecular weight excluding hydrogens is 446 g/mol. The second kappa shape index (κ2) is 11.4. The maximum absolute atomic E-state index is 12.7. The fourth-order valence-corrected chi connectivity index (χ4v) is 4.41. The van der Waals surface area contributed by atoms with Crippen LogP contribution >= 0.6 is 0 Å². The van der Waals surface area contributed by atoms with Gasteiger partial charge in [0.15, 0.2) is 17.3 Å². The van der Waals surface area contributed by atoms with Crippen LogP contribution in [0.3, 0.4) is 0 Å². The lowest BCUT2D eigenvalue weighted by Gasteiger charge is -2.34. The Morgan fingerprint density at radius 3 is 2.29 bits per heavy atom. The predicted molar refractivity (Wildman–Crippen MR) is 133 cm³/mol. The molecule has 8 nitrogen and oxygen atoms in total. The zero-order valence-corrected chi connectivity index (χ0v) is 20.5. The number of carbonyl (C=O) groups is 3. The molecule has 0 radical (unpaired) electrons. The van der Waals surface area contributed by atoms with E-state index in [9.17, 15) is 14.4 Å². The van der Waals surface area contributed by atoms with Gasteiger partial charge in [-0.25, -0.2) is 0 Å². The first-order valence-electron chi connectivity index (χ1n) is 12.2. The SMILES string of the molecule is Cc1cccc(C)c1NC(=O)CN1CCN(C(=O)CCC(=O)c2ccc3c(c2)OCCCO3)CC1. The van der Waals surface area contributed by atoms with Gasteiger partial charge in [-0.3, -0.25) is 19.3 Å². The molecule has 8 heteroatoms. The minimum Gasteiger partial charge on any atom is -0.490 e. The molecule has 0 spiro atoms. The maximum atomic E-state index is 12.7. The van der Waals surface area contributed by atoms with E-state index in [0.29, 0.717) is 63.0 Å². The monoisotopic (exact) mass is 479 g/mol. The third-order valence-corrected chi connectivity index (χ3v) is 6.47. The Balaban J connectivity index is 1.21. The van der Waals surface area contributed by atoms with Gasteiger partial charge in [-0.15, -0.1) is 0 Å². The van der Waals surface area contributed by atoms with Gasteiger partial charge in [0.05, 0.1) is 19.8 Å². The van der Waals surface area contributed by atoms with Crippen LogP contribution < -0.4 is 14.8 Å². The summed E-state index contributed by atoms with van der Waals surface area (Å²) >= 11 is 0. The van der Waals surface area contributed by atoms with E-state index in [-0.39, 0.29) is 30.4 Å². The molecule has 2 amide bonds. The number of amides is 2. The largest absolute Gasteiger partial charge is 0.490 e. The second-order valence-corrected chi connectivity index (χ2v) is 9.11. The van der Waals surface area contributed by atoms with Crippen LogP contribution in [0.1, 0.15) is 40.7 Å². The number of benzene rings is 2. The van der Waals surface area contributed by atoms with E-state index < -0.39 is 0 Å². The first kappa shape index (κ1) is 24.7. The molecule has 1 N–H and O–H groups in total. The number of anilines is 1. The second-order valence-electron chi connectivity index (χ2n) is 9.11. The third-order valence-electron chi connectivity index (χ3n) is 6.47. The number of carbonyl (C=O) groups excluding carboxylic acids is 3. The molecule has 2 aliphatic rings. The number of nitrogens with one attached hydrogen (secondary N) is 1. The minimum atomic E-state index is -0.0872. The van der Waals surface area contributed by atoms with Crippen molar-refractivity contribution in [2.45, 2.75) is 33.1 Å². The van der Waals surface area contributed by atoms with Gasteiger partial charge in [-0.05, 0) is 43.2 Å². The van der Waals surface area contributed by atoms with E-state index in [1.807, 2.05) is 32.0 Å². The Kier molecular flexibility index (Phi) is 8.02. The highest BCUT2D eigenvalue weighted by Gasteiger charge is 2.23. The number of fused-ring (bicyclic) bond motifs is 1. The third kappa shape index (κ3) is 6.39. The van der Waals surface area contributed by atoms with Gasteiger partial charge in [0.1, 0.15) is 0 Å². The first-order valence-corrected chi connectivity index (χ1v) is 12.2. The van der Waals surface area contributed by atoms with Gasteiger partial charge in [0, 0.05) is 56.7 Å². The summed E-state index contributed by atoms with van der Waals surface area (Å²) in [6.45, 7) is 7.75. The van der Waals surface area contributed by atoms with E-state index in [2.05, 4.69) is 10.2 Å². The van der Waals surface area contributed by atoms with Crippen LogP contribution in [0.2, 0.25) is 0 Å². The number of hydrogen-bond donors (Lipinski definition) is 1. The number of piperazine rings is 1. The maximum Gasteiger partial charge on any atom is 0.238 e. The number of para-hydroxylation sites is 1. The summed E-state index contributed by atoms with van der Waals surface area (Å²) in [5.74, 6) is 1.05. The van der Waals surface area contributed by atoms with Crippen molar-refractivity contribution < 1.29 is 23.9 Å². The topological polar surface area (TPSA) is 88.2 Å². The average molecular weight is 480 g/mol. The molecule has 4 rings (SSSR count). The lowest BCUT2D eigenvalue weighted by molar-refractivity contribution is -0.133. The number of rotatable bonds is 7. The average Bonchev–Trinajstić information content (AvgIpc) is 3.10. The van der Waals surface area contributed by atoms with Crippen LogP contribution in [0.15, 0.2) is 36.4 Å². The van der Waals surface area contributed by atoms with Gasteiger partial charge in [-0.1, -0.05) is 18.2 Å². The molecule has 0 bridgehead atoms. The van der Waals surface area contributed by atoms with Crippen molar-refractivity contribution in [3.8, 4) is 11.5 Å². The van der Waals surface area contributed by atoms with E-state index >= 15 is 0 Å². The van der Waals surface area contributed by atoms with Gasteiger partial charge >= 0.3 is 0 Å². The molecular formula is C27H33N3O5. The van der Waals surface area contributed by atoms with Crippen LogP contribution in [-0.2, 0) is 9.59 Å². The Hall–Kier alpha value is -3.39. The highest BCUT2D eigenvalue weighted by atomic mass is 16.5. The highest BCUT2D eigenvalue weighted by molar-refractivity contribution is 5.98. The summed E-state index contributed by atoms with van der Waals surface area (Å²) < 4.78 is 11.3. The smallest absolute Gasteiger partial charge is 0.238 e. The summed E-state index contributed by atoms with van der Waals surface area (Å²) in [7, 11) is 0. The number of nitrogens with zero attached hydrogens (tertiary/aromatic N) is 2. The molecule has 0 atom stereocenters. The lowest BCUT2D eigenvalue weighted by atomic mass is 10.1. The Morgan fingerprint density at radius 1 is 0.886 bits per heavy atom. The van der Waals surface area contributed by atoms with Crippen LogP contribution in [0, 0.1) is 13.8 Å². The molecule has 2 aliphatic heterocycles. The van der Waals surface area contributed by atoms with Crippen molar-refractivity contribution in [2.75, 3.05) is 51.3 Å². The van der Waals surface area contributed by atoms with E-state index in [1.165, 1.54) is 0 Å². The minimum absolute atomic E-state index is 0.0349. The summed E-state index contributed by atoms with van der Waals surface area (Å²) in [5, 5.41) is 3.02. The zero-order valence-electron chi connectivity index (χ0n) is 20.5. The van der Waals surface area contributed by atoms with E-state index in [0.717, 1.165) is 23.2 Å². The van der Waals surface area contributed by atoms with Gasteiger partial charge in [-0.2, -0.15) is 0 Å². The standard InChI is InChI=1S/C27H33N3O5/c1-19-5-3-6-20(2)27(19)28-25(32)18-29-11-13-30(14-12-29)26(33)10-8-22(31)21-7-9-23-24(17-21)35-16-4-15-34-23/h3,5-7,9,17H,4,8,10-16,18H2,1-2H3,(H,28,32). The number of aryl methyl sites for hydroxylation is 2. The molecule has 0 unspecified atom stereocenters. The Morgan fingerprint density at radius 2 is 1.57 bits per heavy atom. The molecule has 35 heavy (non-hydrogen) atoms. The van der Waals surface area contributed by atoms with Crippen molar-refractivity contribution in [3.05, 3.63) is 53.1 Å². The molecule has 0 aliphatic carbocycles. The summed E-state index contributed by atoms with van der Waals surface area (Å²) in [4.78, 5) is 41.7. The molecule has 0 saturated carbocycles. The summed E-state index contributed by atoms with van der Waals surface area (Å²) in [6.07, 6.45) is 1.12. The molecule has 1 fully saturated rings. The molecule has 2 heterocycles. The normalized spacial score (nSPS) is 15.9. The molecule has 1 saturated heterocycles. The molecule has 2 aromatic rings. The molecule has 2 aromatic carbocycles. The number of ketones is 1. The van der Waals surface area contributed by atoms with Crippen LogP contribution in [-0.4, -0.2) is 73.3 Å². The van der Waals surface area contributed by atoms with Crippen molar-refractivity contribution in [1.82, 2.24) is 9.80 Å². The van der Waals surface area contributed by atoms with Crippen LogP contribution in [0.4, 0.5) is 5.69 Å². The van der Waals surface area contributed by atoms with Crippen molar-refractivity contribution in [2.24, 2.45) is 0 Å². The quantitative estimate of drug-likeness (QED) is 0.614. The number of Topliss-reactive ketones (excluding diaryl/α,β-unsaturated/α-hetero) is 1. The van der Waals surface area contributed by atoms with Crippen molar-refractivity contribution in [1.29, 1.82) is 0 Å². The van der Waals surface area contributed by atoms with Crippen molar-refractivity contribution in [3.63, 3.8) is 0 Å². The summed E-state index contributed by atoms with van der Waals surface area (Å²) in [6, 6.07) is 11.1. The predicted octanol–water partition coefficient (Wildman–Crippen LogP) is 3.21. The fourth-order valence-electron chi connectivity index (χ4n) is 4.41. The van der Waals surface area contributed by atoms with E-state index in [4.69, 9.17) is 9.47 Å². The molecule has 186 valence electrons. The summed E-state index contributed by atoms with van der Waals surface area (Å²) in [5.41, 5.74) is 3.47. The number of ether oxygens (including phenoxy) is 2. The van der Waals surface area contributed by atoms with Gasteiger partial charge < -0.3 is 19.7 Å². The van der Waals surface area contributed by atoms with Crippen LogP contribution in [0.25, 0.3) is 0 Å². The number of hydrogen-bond acceptors (Lipinski definition) is 6. The highest BCUT2D eigenvalue weighted by Crippen LogP contribution is 2.31.